The van der Waals surface area contributed by atoms with Crippen LogP contribution >= 0.6 is 15.9 Å². The molecule has 1 nitrogen and oxygen atoms in total. The van der Waals surface area contributed by atoms with Crippen LogP contribution in [-0.4, -0.2) is 6.54 Å². The van der Waals surface area contributed by atoms with Gasteiger partial charge in [-0.2, -0.15) is 0 Å². The third kappa shape index (κ3) is 3.23. The molecule has 0 aliphatic carbocycles. The van der Waals surface area contributed by atoms with Gasteiger partial charge in [-0.05, 0) is 31.2 Å². The van der Waals surface area contributed by atoms with E-state index in [0.29, 0.717) is 5.56 Å². The van der Waals surface area contributed by atoms with Crippen molar-refractivity contribution in [2.75, 3.05) is 6.54 Å². The highest BCUT2D eigenvalue weighted by atomic mass is 79.9. The number of benzene rings is 2. The van der Waals surface area contributed by atoms with E-state index >= 15 is 0 Å². The van der Waals surface area contributed by atoms with Gasteiger partial charge in [0, 0.05) is 10.0 Å². The summed E-state index contributed by atoms with van der Waals surface area (Å²) in [7, 11) is 0. The first-order valence-electron chi connectivity index (χ1n) is 6.37. The molecule has 1 unspecified atom stereocenters. The molecule has 0 aliphatic rings. The Morgan fingerprint density at radius 1 is 1.21 bits per heavy atom. The van der Waals surface area contributed by atoms with Gasteiger partial charge >= 0.3 is 0 Å². The van der Waals surface area contributed by atoms with E-state index < -0.39 is 0 Å². The first-order valence-corrected chi connectivity index (χ1v) is 7.16. The van der Waals surface area contributed by atoms with Crippen LogP contribution in [0.15, 0.2) is 46.9 Å². The molecule has 1 atom stereocenters. The molecule has 0 saturated carbocycles. The topological polar surface area (TPSA) is 12.0 Å². The van der Waals surface area contributed by atoms with Gasteiger partial charge in [0.25, 0.3) is 0 Å². The van der Waals surface area contributed by atoms with E-state index in [4.69, 9.17) is 0 Å². The van der Waals surface area contributed by atoms with E-state index in [1.807, 2.05) is 38.1 Å². The minimum Gasteiger partial charge on any atom is -0.306 e. The Hall–Kier alpha value is -1.19. The summed E-state index contributed by atoms with van der Waals surface area (Å²) >= 11 is 3.45. The maximum Gasteiger partial charge on any atom is 0.129 e. The van der Waals surface area contributed by atoms with Crippen LogP contribution in [0.3, 0.4) is 0 Å². The van der Waals surface area contributed by atoms with Crippen LogP contribution in [0.1, 0.15) is 29.7 Å². The van der Waals surface area contributed by atoms with E-state index in [1.54, 1.807) is 6.07 Å². The number of aryl methyl sites for hydroxylation is 1. The van der Waals surface area contributed by atoms with Crippen LogP contribution in [-0.2, 0) is 0 Å². The zero-order valence-electron chi connectivity index (χ0n) is 11.1. The Balaban J connectivity index is 2.51. The number of halogens is 2. The summed E-state index contributed by atoms with van der Waals surface area (Å²) < 4.78 is 14.9. The van der Waals surface area contributed by atoms with Crippen LogP contribution in [0.4, 0.5) is 4.39 Å². The van der Waals surface area contributed by atoms with Gasteiger partial charge < -0.3 is 5.32 Å². The lowest BCUT2D eigenvalue weighted by Crippen LogP contribution is -2.23. The second-order valence-electron chi connectivity index (χ2n) is 4.54. The predicted octanol–water partition coefficient (Wildman–Crippen LogP) is 4.60. The van der Waals surface area contributed by atoms with Gasteiger partial charge in [0.05, 0.1) is 6.04 Å². The van der Waals surface area contributed by atoms with E-state index in [-0.39, 0.29) is 11.9 Å². The summed E-state index contributed by atoms with van der Waals surface area (Å²) in [6, 6.07) is 13.1. The molecule has 0 bridgehead atoms. The fraction of sp³-hybridized carbons (Fsp3) is 0.250. The normalized spacial score (nSPS) is 12.4. The largest absolute Gasteiger partial charge is 0.306 e. The lowest BCUT2D eigenvalue weighted by molar-refractivity contribution is 0.556. The van der Waals surface area contributed by atoms with Crippen LogP contribution < -0.4 is 5.32 Å². The zero-order valence-corrected chi connectivity index (χ0v) is 12.7. The van der Waals surface area contributed by atoms with Crippen molar-refractivity contribution in [2.45, 2.75) is 19.9 Å². The summed E-state index contributed by atoms with van der Waals surface area (Å²) in [6.45, 7) is 4.85. The van der Waals surface area contributed by atoms with Gasteiger partial charge in [0.1, 0.15) is 5.82 Å². The molecular formula is C16H17BrFN. The molecule has 100 valence electrons. The van der Waals surface area contributed by atoms with Crippen molar-refractivity contribution in [2.24, 2.45) is 0 Å². The van der Waals surface area contributed by atoms with E-state index in [2.05, 4.69) is 27.3 Å². The smallest absolute Gasteiger partial charge is 0.129 e. The minimum absolute atomic E-state index is 0.138. The Morgan fingerprint density at radius 2 is 1.95 bits per heavy atom. The maximum atomic E-state index is 14.1. The van der Waals surface area contributed by atoms with Gasteiger partial charge in [0.15, 0.2) is 0 Å². The van der Waals surface area contributed by atoms with Crippen molar-refractivity contribution in [3.05, 3.63) is 69.4 Å². The summed E-state index contributed by atoms with van der Waals surface area (Å²) in [4.78, 5) is 0. The van der Waals surface area contributed by atoms with Gasteiger partial charge in [-0.25, -0.2) is 4.39 Å². The minimum atomic E-state index is -0.193. The number of hydrogen-bond donors (Lipinski definition) is 1. The quantitative estimate of drug-likeness (QED) is 0.868. The van der Waals surface area contributed by atoms with Crippen LogP contribution in [0.5, 0.6) is 0 Å². The van der Waals surface area contributed by atoms with Gasteiger partial charge in [0.2, 0.25) is 0 Å². The predicted molar refractivity (Wildman–Crippen MR) is 80.8 cm³/mol. The molecule has 2 aromatic carbocycles. The Kier molecular flexibility index (Phi) is 4.72. The summed E-state index contributed by atoms with van der Waals surface area (Å²) in [5.41, 5.74) is 2.91. The molecule has 0 aliphatic heterocycles. The fourth-order valence-electron chi connectivity index (χ4n) is 2.23. The SMILES string of the molecule is CCNC(c1cccc(C)c1)c1c(F)cccc1Br. The van der Waals surface area contributed by atoms with Crippen molar-refractivity contribution < 1.29 is 4.39 Å². The molecule has 0 radical (unpaired) electrons. The first kappa shape index (κ1) is 14.2. The lowest BCUT2D eigenvalue weighted by atomic mass is 9.97. The highest BCUT2D eigenvalue weighted by Crippen LogP contribution is 2.31. The highest BCUT2D eigenvalue weighted by Gasteiger charge is 2.19. The van der Waals surface area contributed by atoms with Crippen molar-refractivity contribution >= 4 is 15.9 Å². The van der Waals surface area contributed by atoms with Gasteiger partial charge in [-0.1, -0.05) is 58.7 Å². The molecule has 2 aromatic rings. The van der Waals surface area contributed by atoms with Crippen molar-refractivity contribution in [1.82, 2.24) is 5.32 Å². The van der Waals surface area contributed by atoms with Crippen molar-refractivity contribution in [3.63, 3.8) is 0 Å². The fourth-order valence-corrected chi connectivity index (χ4v) is 2.80. The molecule has 0 heterocycles. The molecule has 0 aromatic heterocycles. The summed E-state index contributed by atoms with van der Waals surface area (Å²) in [6.07, 6.45) is 0. The summed E-state index contributed by atoms with van der Waals surface area (Å²) in [5, 5.41) is 3.35. The van der Waals surface area contributed by atoms with Crippen LogP contribution in [0.2, 0.25) is 0 Å². The third-order valence-corrected chi connectivity index (χ3v) is 3.76. The van der Waals surface area contributed by atoms with Crippen molar-refractivity contribution in [3.8, 4) is 0 Å². The monoisotopic (exact) mass is 321 g/mol. The second-order valence-corrected chi connectivity index (χ2v) is 5.39. The molecule has 19 heavy (non-hydrogen) atoms. The standard InChI is InChI=1S/C16H17BrFN/c1-3-19-16(12-7-4-6-11(2)10-12)15-13(17)8-5-9-14(15)18/h4-10,16,19H,3H2,1-2H3. The highest BCUT2D eigenvalue weighted by molar-refractivity contribution is 9.10. The molecule has 0 saturated heterocycles. The Labute approximate surface area is 122 Å². The van der Waals surface area contributed by atoms with Crippen molar-refractivity contribution in [1.29, 1.82) is 0 Å². The maximum absolute atomic E-state index is 14.1. The Morgan fingerprint density at radius 3 is 2.58 bits per heavy atom. The van der Waals surface area contributed by atoms with E-state index in [1.165, 1.54) is 11.6 Å². The number of nitrogens with one attached hydrogen (secondary N) is 1. The molecule has 3 heteroatoms. The molecule has 0 spiro atoms. The van der Waals surface area contributed by atoms with Crippen LogP contribution in [0.25, 0.3) is 0 Å². The summed E-state index contributed by atoms with van der Waals surface area (Å²) in [5.74, 6) is -0.193. The second kappa shape index (κ2) is 6.31. The van der Waals surface area contributed by atoms with E-state index in [0.717, 1.165) is 16.6 Å². The average Bonchev–Trinajstić information content (AvgIpc) is 2.37. The van der Waals surface area contributed by atoms with E-state index in [9.17, 15) is 4.39 Å². The lowest BCUT2D eigenvalue weighted by Gasteiger charge is -2.21. The molecule has 2 rings (SSSR count). The average molecular weight is 322 g/mol. The number of hydrogen-bond acceptors (Lipinski definition) is 1. The number of rotatable bonds is 4. The van der Waals surface area contributed by atoms with Crippen LogP contribution in [0, 0.1) is 12.7 Å². The Bertz CT molecular complexity index is 548. The zero-order chi connectivity index (χ0) is 13.8. The molecule has 0 amide bonds. The van der Waals surface area contributed by atoms with Gasteiger partial charge in [-0.3, -0.25) is 0 Å². The third-order valence-electron chi connectivity index (χ3n) is 3.07. The van der Waals surface area contributed by atoms with Gasteiger partial charge in [-0.15, -0.1) is 0 Å². The first-order chi connectivity index (χ1) is 9.13. The molecular weight excluding hydrogens is 305 g/mol. The molecule has 1 N–H and O–H groups in total. The molecule has 0 fully saturated rings.